The highest BCUT2D eigenvalue weighted by molar-refractivity contribution is 5.90. The van der Waals surface area contributed by atoms with Crippen molar-refractivity contribution in [3.63, 3.8) is 0 Å². The van der Waals surface area contributed by atoms with Gasteiger partial charge in [-0.25, -0.2) is 0 Å². The summed E-state index contributed by atoms with van der Waals surface area (Å²) >= 11 is 0. The van der Waals surface area contributed by atoms with Crippen LogP contribution in [0.4, 0.5) is 0 Å². The van der Waals surface area contributed by atoms with Crippen LogP contribution >= 0.6 is 0 Å². The molecule has 1 heterocycles. The summed E-state index contributed by atoms with van der Waals surface area (Å²) in [4.78, 5) is 26.4. The first kappa shape index (κ1) is 18.0. The largest absolute Gasteiger partial charge is 0.347 e. The molecule has 1 fully saturated rings. The number of rotatable bonds is 5. The number of amides is 2. The highest BCUT2D eigenvalue weighted by atomic mass is 16.2. The van der Waals surface area contributed by atoms with Gasteiger partial charge in [-0.05, 0) is 37.1 Å². The summed E-state index contributed by atoms with van der Waals surface area (Å²) in [6.07, 6.45) is 2.77. The van der Waals surface area contributed by atoms with E-state index in [0.29, 0.717) is 12.3 Å². The Morgan fingerprint density at radius 3 is 2.43 bits per heavy atom. The molecule has 0 aromatic carbocycles. The molecule has 1 aliphatic heterocycles. The summed E-state index contributed by atoms with van der Waals surface area (Å²) in [5.74, 6) is 0.262. The molecule has 5 nitrogen and oxygen atoms in total. The lowest BCUT2D eigenvalue weighted by atomic mass is 9.77. The number of piperidine rings is 1. The van der Waals surface area contributed by atoms with Crippen molar-refractivity contribution in [3.8, 4) is 0 Å². The number of likely N-dealkylation sites (N-methyl/N-ethyl adjacent to an activating group) is 1. The van der Waals surface area contributed by atoms with Gasteiger partial charge in [0.15, 0.2) is 0 Å². The Morgan fingerprint density at radius 2 is 1.95 bits per heavy atom. The van der Waals surface area contributed by atoms with E-state index in [0.717, 1.165) is 19.4 Å². The van der Waals surface area contributed by atoms with Crippen molar-refractivity contribution >= 4 is 11.8 Å². The van der Waals surface area contributed by atoms with E-state index in [9.17, 15) is 9.59 Å². The zero-order chi connectivity index (χ0) is 16.2. The molecule has 21 heavy (non-hydrogen) atoms. The molecule has 0 aliphatic carbocycles. The predicted octanol–water partition coefficient (Wildman–Crippen LogP) is 1.38. The number of nitrogens with zero attached hydrogens (tertiary/aromatic N) is 1. The first-order valence-electron chi connectivity index (χ1n) is 7.90. The molecule has 0 radical (unpaired) electrons. The Bertz CT molecular complexity index is 378. The van der Waals surface area contributed by atoms with Gasteiger partial charge in [0.05, 0.1) is 6.04 Å². The molecule has 2 amide bonds. The van der Waals surface area contributed by atoms with Crippen LogP contribution in [0.25, 0.3) is 0 Å². The highest BCUT2D eigenvalue weighted by Gasteiger charge is 2.38. The summed E-state index contributed by atoms with van der Waals surface area (Å²) in [5, 5.41) is 6.26. The molecule has 1 saturated heterocycles. The number of carbonyl (C=O) groups is 2. The third kappa shape index (κ3) is 4.99. The van der Waals surface area contributed by atoms with Crippen LogP contribution in [0.5, 0.6) is 0 Å². The van der Waals surface area contributed by atoms with Crippen LogP contribution in [0.15, 0.2) is 0 Å². The molecule has 0 aromatic rings. The van der Waals surface area contributed by atoms with Crippen LogP contribution in [-0.2, 0) is 9.59 Å². The molecule has 0 spiro atoms. The fourth-order valence-electron chi connectivity index (χ4n) is 2.92. The quantitative estimate of drug-likeness (QED) is 0.806. The molecule has 122 valence electrons. The van der Waals surface area contributed by atoms with Crippen LogP contribution in [0, 0.1) is 11.3 Å². The molecular weight excluding hydrogens is 266 g/mol. The zero-order valence-electron chi connectivity index (χ0n) is 14.3. The van der Waals surface area contributed by atoms with Gasteiger partial charge in [0.2, 0.25) is 11.8 Å². The number of carbonyl (C=O) groups excluding carboxylic acids is 2. The molecule has 1 aliphatic rings. The van der Waals surface area contributed by atoms with Gasteiger partial charge in [-0.2, -0.15) is 0 Å². The lowest BCUT2D eigenvalue weighted by Crippen LogP contribution is -2.59. The Kier molecular flexibility index (Phi) is 6.20. The minimum absolute atomic E-state index is 0.0364. The molecule has 2 atom stereocenters. The normalized spacial score (nSPS) is 22.7. The van der Waals surface area contributed by atoms with E-state index in [1.807, 2.05) is 0 Å². The van der Waals surface area contributed by atoms with E-state index in [2.05, 4.69) is 38.3 Å². The van der Waals surface area contributed by atoms with Crippen molar-refractivity contribution in [1.29, 1.82) is 0 Å². The standard InChI is InChI=1S/C16H31N3O2/c1-11(2)10-12(15(21)19(5)6)18-14(20)13-16(3,4)8-7-9-17-13/h11-13,17H,7-10H2,1-6H3,(H,18,20). The van der Waals surface area contributed by atoms with Gasteiger partial charge >= 0.3 is 0 Å². The number of nitrogens with one attached hydrogen (secondary N) is 2. The molecular formula is C16H31N3O2. The Hall–Kier alpha value is -1.10. The van der Waals surface area contributed by atoms with E-state index in [-0.39, 0.29) is 23.3 Å². The zero-order valence-corrected chi connectivity index (χ0v) is 14.3. The second kappa shape index (κ2) is 7.25. The maximum Gasteiger partial charge on any atom is 0.244 e. The number of hydrogen-bond donors (Lipinski definition) is 2. The average molecular weight is 297 g/mol. The van der Waals surface area contributed by atoms with Crippen LogP contribution in [0.1, 0.15) is 47.0 Å². The number of hydrogen-bond acceptors (Lipinski definition) is 3. The molecule has 2 N–H and O–H groups in total. The molecule has 2 unspecified atom stereocenters. The van der Waals surface area contributed by atoms with E-state index in [1.165, 1.54) is 0 Å². The second-order valence-corrected chi connectivity index (χ2v) is 7.40. The summed E-state index contributed by atoms with van der Waals surface area (Å²) in [7, 11) is 3.45. The molecule has 0 saturated carbocycles. The fourth-order valence-corrected chi connectivity index (χ4v) is 2.92. The maximum atomic E-state index is 12.6. The minimum Gasteiger partial charge on any atom is -0.347 e. The van der Waals surface area contributed by atoms with Gasteiger partial charge in [0.25, 0.3) is 0 Å². The summed E-state index contributed by atoms with van der Waals surface area (Å²) in [5.41, 5.74) is -0.0775. The van der Waals surface area contributed by atoms with Gasteiger partial charge in [0.1, 0.15) is 6.04 Å². The second-order valence-electron chi connectivity index (χ2n) is 7.40. The van der Waals surface area contributed by atoms with Gasteiger partial charge < -0.3 is 15.5 Å². The van der Waals surface area contributed by atoms with Crippen molar-refractivity contribution in [3.05, 3.63) is 0 Å². The SMILES string of the molecule is CC(C)CC(NC(=O)C1NCCCC1(C)C)C(=O)N(C)C. The first-order valence-corrected chi connectivity index (χ1v) is 7.90. The Balaban J connectivity index is 2.77. The molecule has 0 bridgehead atoms. The average Bonchev–Trinajstić information content (AvgIpc) is 2.35. The van der Waals surface area contributed by atoms with E-state index < -0.39 is 6.04 Å². The lowest BCUT2D eigenvalue weighted by molar-refractivity contribution is -0.136. The van der Waals surface area contributed by atoms with Crippen LogP contribution in [-0.4, -0.2) is 49.4 Å². The van der Waals surface area contributed by atoms with Crippen molar-refractivity contribution in [2.24, 2.45) is 11.3 Å². The topological polar surface area (TPSA) is 61.4 Å². The van der Waals surface area contributed by atoms with Gasteiger partial charge in [-0.15, -0.1) is 0 Å². The van der Waals surface area contributed by atoms with E-state index in [4.69, 9.17) is 0 Å². The van der Waals surface area contributed by atoms with E-state index in [1.54, 1.807) is 19.0 Å². The molecule has 5 heteroatoms. The third-order valence-electron chi connectivity index (χ3n) is 4.15. The maximum absolute atomic E-state index is 12.6. The van der Waals surface area contributed by atoms with Gasteiger partial charge in [0, 0.05) is 14.1 Å². The van der Waals surface area contributed by atoms with E-state index >= 15 is 0 Å². The van der Waals surface area contributed by atoms with Gasteiger partial charge in [-0.3, -0.25) is 9.59 Å². The molecule has 1 rings (SSSR count). The highest BCUT2D eigenvalue weighted by Crippen LogP contribution is 2.30. The monoisotopic (exact) mass is 297 g/mol. The summed E-state index contributed by atoms with van der Waals surface area (Å²) < 4.78 is 0. The van der Waals surface area contributed by atoms with Gasteiger partial charge in [-0.1, -0.05) is 27.7 Å². The third-order valence-corrected chi connectivity index (χ3v) is 4.15. The van der Waals surface area contributed by atoms with Crippen molar-refractivity contribution in [2.75, 3.05) is 20.6 Å². The fraction of sp³-hybridized carbons (Fsp3) is 0.875. The summed E-state index contributed by atoms with van der Waals surface area (Å²) in [6.45, 7) is 9.19. The molecule has 0 aromatic heterocycles. The smallest absolute Gasteiger partial charge is 0.244 e. The summed E-state index contributed by atoms with van der Waals surface area (Å²) in [6, 6.07) is -0.664. The van der Waals surface area contributed by atoms with Crippen LogP contribution in [0.2, 0.25) is 0 Å². The first-order chi connectivity index (χ1) is 9.65. The Morgan fingerprint density at radius 1 is 1.33 bits per heavy atom. The minimum atomic E-state index is -0.438. The van der Waals surface area contributed by atoms with Crippen LogP contribution in [0.3, 0.4) is 0 Å². The van der Waals surface area contributed by atoms with Crippen molar-refractivity contribution < 1.29 is 9.59 Å². The van der Waals surface area contributed by atoms with Crippen molar-refractivity contribution in [1.82, 2.24) is 15.5 Å². The Labute approximate surface area is 128 Å². The lowest BCUT2D eigenvalue weighted by Gasteiger charge is -2.39. The predicted molar refractivity (Wildman–Crippen MR) is 84.9 cm³/mol. The van der Waals surface area contributed by atoms with Crippen molar-refractivity contribution in [2.45, 2.75) is 59.0 Å². The van der Waals surface area contributed by atoms with Crippen LogP contribution < -0.4 is 10.6 Å².